The average molecular weight is 195 g/mol. The van der Waals surface area contributed by atoms with Gasteiger partial charge in [-0.2, -0.15) is 0 Å². The molecule has 4 heteroatoms. The van der Waals surface area contributed by atoms with Crippen LogP contribution in [0.15, 0.2) is 24.3 Å². The van der Waals surface area contributed by atoms with Crippen molar-refractivity contribution in [3.63, 3.8) is 0 Å². The first-order valence-corrected chi connectivity index (χ1v) is 5.12. The monoisotopic (exact) mass is 195 g/mol. The van der Waals surface area contributed by atoms with Gasteiger partial charge in [0.05, 0.1) is 5.69 Å². The molecular weight excluding hydrogens is 182 g/mol. The zero-order valence-electron chi connectivity index (χ0n) is 7.74. The smallest absolute Gasteiger partial charge is 0.175 e. The van der Waals surface area contributed by atoms with E-state index in [2.05, 4.69) is 0 Å². The number of amidine groups is 1. The van der Waals surface area contributed by atoms with Gasteiger partial charge in [-0.1, -0.05) is 30.0 Å². The molecule has 0 saturated carbocycles. The van der Waals surface area contributed by atoms with Crippen molar-refractivity contribution < 1.29 is 0 Å². The third-order valence-electron chi connectivity index (χ3n) is 1.79. The van der Waals surface area contributed by atoms with Crippen LogP contribution in [0.5, 0.6) is 0 Å². The van der Waals surface area contributed by atoms with Gasteiger partial charge in [-0.05, 0) is 24.8 Å². The van der Waals surface area contributed by atoms with Gasteiger partial charge < -0.3 is 0 Å². The van der Waals surface area contributed by atoms with E-state index in [-0.39, 0.29) is 0 Å². The first kappa shape index (κ1) is 10.1. The minimum Gasteiger partial charge on any atom is -0.277 e. The van der Waals surface area contributed by atoms with Gasteiger partial charge in [-0.3, -0.25) is 10.4 Å². The van der Waals surface area contributed by atoms with Crippen LogP contribution in [0, 0.1) is 12.3 Å². The lowest BCUT2D eigenvalue weighted by atomic mass is 10.2. The lowest BCUT2D eigenvalue weighted by Gasteiger charge is -2.19. The fourth-order valence-corrected chi connectivity index (χ4v) is 1.34. The van der Waals surface area contributed by atoms with Gasteiger partial charge in [-0.15, -0.1) is 0 Å². The molecule has 0 bridgehead atoms. The molecule has 0 aromatic heterocycles. The second-order valence-electron chi connectivity index (χ2n) is 2.67. The summed E-state index contributed by atoms with van der Waals surface area (Å²) in [5, 5.41) is 9.27. The van der Waals surface area contributed by atoms with Crippen molar-refractivity contribution in [2.75, 3.05) is 11.3 Å². The highest BCUT2D eigenvalue weighted by Gasteiger charge is 2.07. The number of rotatable bonds is 1. The number of para-hydroxylation sites is 1. The maximum Gasteiger partial charge on any atom is 0.175 e. The molecule has 0 aliphatic rings. The van der Waals surface area contributed by atoms with Crippen molar-refractivity contribution in [3.8, 4) is 0 Å². The summed E-state index contributed by atoms with van der Waals surface area (Å²) in [5.74, 6) is 5.74. The van der Waals surface area contributed by atoms with Gasteiger partial charge >= 0.3 is 0 Å². The zero-order chi connectivity index (χ0) is 9.84. The second-order valence-corrected chi connectivity index (χ2v) is 3.46. The van der Waals surface area contributed by atoms with Crippen molar-refractivity contribution in [2.45, 2.75) is 6.92 Å². The number of hydrazine groups is 1. The van der Waals surface area contributed by atoms with Crippen LogP contribution in [0.1, 0.15) is 5.56 Å². The highest BCUT2D eigenvalue weighted by Crippen LogP contribution is 2.18. The Morgan fingerprint density at radius 1 is 1.46 bits per heavy atom. The minimum absolute atomic E-state index is 0.342. The number of nitrogens with two attached hydrogens (primary N) is 1. The molecular formula is C9H13N3S. The topological polar surface area (TPSA) is 53.1 Å². The van der Waals surface area contributed by atoms with E-state index < -0.39 is 0 Å². The maximum atomic E-state index is 7.54. The first-order valence-electron chi connectivity index (χ1n) is 3.90. The quantitative estimate of drug-likeness (QED) is 0.312. The molecule has 0 unspecified atom stereocenters. The third-order valence-corrected chi connectivity index (χ3v) is 2.37. The van der Waals surface area contributed by atoms with Crippen LogP contribution in [-0.2, 0) is 0 Å². The molecule has 0 amide bonds. The highest BCUT2D eigenvalue weighted by atomic mass is 32.2. The van der Waals surface area contributed by atoms with E-state index in [0.717, 1.165) is 11.3 Å². The molecule has 1 aromatic rings. The fraction of sp³-hybridized carbons (Fsp3) is 0.222. The SMILES string of the molecule is CSC(=N)N(N)c1ccccc1C. The van der Waals surface area contributed by atoms with Crippen LogP contribution in [0.3, 0.4) is 0 Å². The standard InChI is InChI=1S/C9H13N3S/c1-7-5-3-4-6-8(7)12(11)9(10)13-2/h3-6,10H,11H2,1-2H3. The summed E-state index contributed by atoms with van der Waals surface area (Å²) < 4.78 is 0. The Morgan fingerprint density at radius 2 is 2.08 bits per heavy atom. The lowest BCUT2D eigenvalue weighted by Crippen LogP contribution is -2.35. The minimum atomic E-state index is 0.342. The summed E-state index contributed by atoms with van der Waals surface area (Å²) in [5.41, 5.74) is 1.95. The number of benzene rings is 1. The average Bonchev–Trinajstić information content (AvgIpc) is 2.16. The summed E-state index contributed by atoms with van der Waals surface area (Å²) in [6, 6.07) is 7.74. The lowest BCUT2D eigenvalue weighted by molar-refractivity contribution is 1.12. The number of hydrogen-bond acceptors (Lipinski definition) is 3. The van der Waals surface area contributed by atoms with Gasteiger partial charge in [0, 0.05) is 0 Å². The van der Waals surface area contributed by atoms with E-state index in [0.29, 0.717) is 5.17 Å². The van der Waals surface area contributed by atoms with E-state index in [9.17, 15) is 0 Å². The molecule has 0 aliphatic carbocycles. The molecule has 3 N–H and O–H groups in total. The number of aryl methyl sites for hydroxylation is 1. The predicted octanol–water partition coefficient (Wildman–Crippen LogP) is 1.97. The Kier molecular flexibility index (Phi) is 3.33. The van der Waals surface area contributed by atoms with Crippen molar-refractivity contribution in [1.82, 2.24) is 0 Å². The van der Waals surface area contributed by atoms with Crippen molar-refractivity contribution in [1.29, 1.82) is 5.41 Å². The Labute approximate surface area is 82.4 Å². The van der Waals surface area contributed by atoms with E-state index in [4.69, 9.17) is 11.3 Å². The van der Waals surface area contributed by atoms with E-state index in [1.165, 1.54) is 16.8 Å². The van der Waals surface area contributed by atoms with E-state index >= 15 is 0 Å². The summed E-state index contributed by atoms with van der Waals surface area (Å²) in [7, 11) is 0. The molecule has 0 heterocycles. The first-order chi connectivity index (χ1) is 6.16. The Bertz CT molecular complexity index is 311. The normalized spacial score (nSPS) is 9.77. The van der Waals surface area contributed by atoms with Crippen LogP contribution in [0.25, 0.3) is 0 Å². The van der Waals surface area contributed by atoms with Crippen LogP contribution in [0.4, 0.5) is 5.69 Å². The van der Waals surface area contributed by atoms with Gasteiger partial charge in [0.1, 0.15) is 0 Å². The molecule has 13 heavy (non-hydrogen) atoms. The van der Waals surface area contributed by atoms with Crippen LogP contribution in [0.2, 0.25) is 0 Å². The molecule has 0 radical (unpaired) electrons. The fourth-order valence-electron chi connectivity index (χ4n) is 1.04. The zero-order valence-corrected chi connectivity index (χ0v) is 8.56. The molecule has 0 spiro atoms. The largest absolute Gasteiger partial charge is 0.277 e. The predicted molar refractivity (Wildman–Crippen MR) is 59.1 cm³/mol. The molecule has 1 rings (SSSR count). The Hall–Kier alpha value is -1.00. The number of thioether (sulfide) groups is 1. The summed E-state index contributed by atoms with van der Waals surface area (Å²) in [6.45, 7) is 1.98. The van der Waals surface area contributed by atoms with E-state index in [1.807, 2.05) is 37.4 Å². The van der Waals surface area contributed by atoms with Gasteiger partial charge in [0.2, 0.25) is 0 Å². The van der Waals surface area contributed by atoms with Crippen molar-refractivity contribution in [3.05, 3.63) is 29.8 Å². The summed E-state index contributed by atoms with van der Waals surface area (Å²) >= 11 is 1.32. The molecule has 0 aliphatic heterocycles. The Morgan fingerprint density at radius 3 is 2.62 bits per heavy atom. The second kappa shape index (κ2) is 4.30. The van der Waals surface area contributed by atoms with Crippen LogP contribution in [-0.4, -0.2) is 11.4 Å². The number of nitrogens with one attached hydrogen (secondary N) is 1. The van der Waals surface area contributed by atoms with Crippen molar-refractivity contribution >= 4 is 22.6 Å². The number of nitrogens with zero attached hydrogens (tertiary/aromatic N) is 1. The molecule has 70 valence electrons. The Balaban J connectivity index is 2.95. The molecule has 0 atom stereocenters. The van der Waals surface area contributed by atoms with Crippen LogP contribution < -0.4 is 10.9 Å². The van der Waals surface area contributed by atoms with E-state index in [1.54, 1.807) is 0 Å². The van der Waals surface area contributed by atoms with Gasteiger partial charge in [0.25, 0.3) is 0 Å². The summed E-state index contributed by atoms with van der Waals surface area (Å²) in [6.07, 6.45) is 1.83. The third kappa shape index (κ3) is 2.23. The molecule has 3 nitrogen and oxygen atoms in total. The number of hydrogen-bond donors (Lipinski definition) is 2. The maximum absolute atomic E-state index is 7.54. The molecule has 1 aromatic carbocycles. The molecule has 0 fully saturated rings. The van der Waals surface area contributed by atoms with Crippen molar-refractivity contribution in [2.24, 2.45) is 5.84 Å². The molecule has 0 saturated heterocycles. The van der Waals surface area contributed by atoms with Gasteiger partial charge in [0.15, 0.2) is 5.17 Å². The number of anilines is 1. The van der Waals surface area contributed by atoms with Crippen LogP contribution >= 0.6 is 11.8 Å². The summed E-state index contributed by atoms with van der Waals surface area (Å²) in [4.78, 5) is 0. The van der Waals surface area contributed by atoms with Gasteiger partial charge in [-0.25, -0.2) is 5.84 Å². The highest BCUT2D eigenvalue weighted by molar-refractivity contribution is 8.13.